The van der Waals surface area contributed by atoms with Gasteiger partial charge in [-0.05, 0) is 62.5 Å². The zero-order valence-corrected chi connectivity index (χ0v) is 15.3. The molecule has 1 saturated carbocycles. The van der Waals surface area contributed by atoms with E-state index >= 15 is 0 Å². The van der Waals surface area contributed by atoms with Gasteiger partial charge >= 0.3 is 0 Å². The summed E-state index contributed by atoms with van der Waals surface area (Å²) in [5, 5.41) is 3.19. The van der Waals surface area contributed by atoms with Crippen molar-refractivity contribution in [1.82, 2.24) is 10.3 Å². The SMILES string of the molecule is Cc1c(C(=O)NC2CCC(c3ccccc3)CC2)[nH]c2c1C(=O)CCC2. The fraction of sp³-hybridized carbons (Fsp3) is 0.455. The fourth-order valence-corrected chi connectivity index (χ4v) is 4.56. The highest BCUT2D eigenvalue weighted by Crippen LogP contribution is 2.33. The minimum absolute atomic E-state index is 0.0622. The zero-order chi connectivity index (χ0) is 18.1. The largest absolute Gasteiger partial charge is 0.354 e. The third-order valence-electron chi connectivity index (χ3n) is 6.00. The number of aromatic amines is 1. The van der Waals surface area contributed by atoms with Gasteiger partial charge in [-0.15, -0.1) is 0 Å². The Morgan fingerprint density at radius 3 is 2.50 bits per heavy atom. The summed E-state index contributed by atoms with van der Waals surface area (Å²) in [6, 6.07) is 10.9. The highest BCUT2D eigenvalue weighted by Gasteiger charge is 2.28. The monoisotopic (exact) mass is 350 g/mol. The van der Waals surface area contributed by atoms with Crippen LogP contribution in [0.3, 0.4) is 0 Å². The Balaban J connectivity index is 1.40. The van der Waals surface area contributed by atoms with Crippen molar-refractivity contribution >= 4 is 11.7 Å². The molecule has 1 heterocycles. The first-order valence-corrected chi connectivity index (χ1v) is 9.74. The Kier molecular flexibility index (Phi) is 4.66. The maximum absolute atomic E-state index is 12.8. The number of carbonyl (C=O) groups excluding carboxylic acids is 2. The smallest absolute Gasteiger partial charge is 0.268 e. The molecule has 0 aliphatic heterocycles. The molecular formula is C22H26N2O2. The quantitative estimate of drug-likeness (QED) is 0.867. The van der Waals surface area contributed by atoms with Crippen LogP contribution >= 0.6 is 0 Å². The second-order valence-electron chi connectivity index (χ2n) is 7.69. The molecule has 4 nitrogen and oxygen atoms in total. The Morgan fingerprint density at radius 1 is 1.08 bits per heavy atom. The summed E-state index contributed by atoms with van der Waals surface area (Å²) in [6.07, 6.45) is 6.54. The molecule has 0 spiro atoms. The van der Waals surface area contributed by atoms with Gasteiger partial charge in [0.25, 0.3) is 5.91 Å². The lowest BCUT2D eigenvalue weighted by molar-refractivity contribution is 0.0920. The van der Waals surface area contributed by atoms with Crippen LogP contribution in [0.5, 0.6) is 0 Å². The summed E-state index contributed by atoms with van der Waals surface area (Å²) < 4.78 is 0. The second-order valence-corrected chi connectivity index (χ2v) is 7.69. The molecule has 2 aliphatic carbocycles. The lowest BCUT2D eigenvalue weighted by atomic mass is 9.82. The number of fused-ring (bicyclic) bond motifs is 1. The van der Waals surface area contributed by atoms with Crippen LogP contribution in [0.15, 0.2) is 30.3 Å². The van der Waals surface area contributed by atoms with E-state index in [0.717, 1.165) is 55.3 Å². The summed E-state index contributed by atoms with van der Waals surface area (Å²) in [7, 11) is 0. The van der Waals surface area contributed by atoms with Gasteiger partial charge in [0.05, 0.1) is 0 Å². The molecule has 0 saturated heterocycles. The molecular weight excluding hydrogens is 324 g/mol. The van der Waals surface area contributed by atoms with Crippen LogP contribution < -0.4 is 5.32 Å². The molecule has 1 aromatic heterocycles. The van der Waals surface area contributed by atoms with E-state index in [2.05, 4.69) is 40.6 Å². The highest BCUT2D eigenvalue weighted by molar-refractivity contribution is 6.04. The van der Waals surface area contributed by atoms with Crippen LogP contribution in [0.4, 0.5) is 0 Å². The van der Waals surface area contributed by atoms with Crippen LogP contribution in [0.25, 0.3) is 0 Å². The van der Waals surface area contributed by atoms with E-state index in [4.69, 9.17) is 0 Å². The van der Waals surface area contributed by atoms with Crippen LogP contribution in [-0.2, 0) is 6.42 Å². The van der Waals surface area contributed by atoms with Gasteiger partial charge in [0, 0.05) is 23.7 Å². The minimum atomic E-state index is -0.0622. The third-order valence-corrected chi connectivity index (χ3v) is 6.00. The van der Waals surface area contributed by atoms with Crippen molar-refractivity contribution < 1.29 is 9.59 Å². The normalized spacial score (nSPS) is 22.7. The highest BCUT2D eigenvalue weighted by atomic mass is 16.2. The lowest BCUT2D eigenvalue weighted by Crippen LogP contribution is -2.37. The number of aryl methyl sites for hydroxylation is 1. The number of Topliss-reactive ketones (excluding diaryl/α,β-unsaturated/α-hetero) is 1. The number of amides is 1. The predicted molar refractivity (Wildman–Crippen MR) is 102 cm³/mol. The number of benzene rings is 1. The summed E-state index contributed by atoms with van der Waals surface area (Å²) in [5.74, 6) is 0.705. The first kappa shape index (κ1) is 17.1. The predicted octanol–water partition coefficient (Wildman–Crippen LogP) is 4.30. The standard InChI is InChI=1S/C22H26N2O2/c1-14-20-18(8-5-9-19(20)25)24-21(14)22(26)23-17-12-10-16(11-13-17)15-6-3-2-4-7-15/h2-4,6-7,16-17,24H,5,8-13H2,1H3,(H,23,26). The molecule has 136 valence electrons. The maximum Gasteiger partial charge on any atom is 0.268 e. The first-order valence-electron chi connectivity index (χ1n) is 9.74. The summed E-state index contributed by atoms with van der Waals surface area (Å²) >= 11 is 0. The zero-order valence-electron chi connectivity index (χ0n) is 15.3. The van der Waals surface area contributed by atoms with E-state index in [1.54, 1.807) is 0 Å². The maximum atomic E-state index is 12.8. The number of hydrogen-bond donors (Lipinski definition) is 2. The van der Waals surface area contributed by atoms with Crippen molar-refractivity contribution in [1.29, 1.82) is 0 Å². The number of ketones is 1. The van der Waals surface area contributed by atoms with E-state index in [1.807, 2.05) is 6.92 Å². The number of H-pyrrole nitrogens is 1. The van der Waals surface area contributed by atoms with Gasteiger partial charge in [0.1, 0.15) is 5.69 Å². The van der Waals surface area contributed by atoms with Crippen molar-refractivity contribution in [2.75, 3.05) is 0 Å². The average molecular weight is 350 g/mol. The molecule has 1 aromatic carbocycles. The number of nitrogens with one attached hydrogen (secondary N) is 2. The van der Waals surface area contributed by atoms with E-state index in [-0.39, 0.29) is 17.7 Å². The van der Waals surface area contributed by atoms with Gasteiger partial charge in [-0.1, -0.05) is 30.3 Å². The number of rotatable bonds is 3. The van der Waals surface area contributed by atoms with E-state index in [9.17, 15) is 9.59 Å². The molecule has 4 heteroatoms. The summed E-state index contributed by atoms with van der Waals surface area (Å²) in [5.41, 5.74) is 4.50. The second kappa shape index (κ2) is 7.10. The molecule has 1 amide bonds. The molecule has 0 unspecified atom stereocenters. The van der Waals surface area contributed by atoms with Gasteiger partial charge in [-0.2, -0.15) is 0 Å². The molecule has 0 radical (unpaired) electrons. The number of aromatic nitrogens is 1. The van der Waals surface area contributed by atoms with Crippen molar-refractivity contribution in [3.05, 3.63) is 58.4 Å². The summed E-state index contributed by atoms with van der Waals surface area (Å²) in [4.78, 5) is 28.1. The van der Waals surface area contributed by atoms with Crippen molar-refractivity contribution in [3.63, 3.8) is 0 Å². The van der Waals surface area contributed by atoms with Gasteiger partial charge in [-0.25, -0.2) is 0 Å². The lowest BCUT2D eigenvalue weighted by Gasteiger charge is -2.29. The van der Waals surface area contributed by atoms with E-state index in [0.29, 0.717) is 18.0 Å². The third kappa shape index (κ3) is 3.20. The Labute approximate surface area is 154 Å². The molecule has 1 fully saturated rings. The van der Waals surface area contributed by atoms with Gasteiger partial charge in [0.15, 0.2) is 5.78 Å². The van der Waals surface area contributed by atoms with Gasteiger partial charge in [0.2, 0.25) is 0 Å². The topological polar surface area (TPSA) is 62.0 Å². The van der Waals surface area contributed by atoms with Crippen LogP contribution in [0.1, 0.15) is 82.1 Å². The van der Waals surface area contributed by atoms with Crippen LogP contribution in [0.2, 0.25) is 0 Å². The molecule has 26 heavy (non-hydrogen) atoms. The first-order chi connectivity index (χ1) is 12.6. The molecule has 2 aromatic rings. The van der Waals surface area contributed by atoms with Crippen LogP contribution in [-0.4, -0.2) is 22.7 Å². The average Bonchev–Trinajstić information content (AvgIpc) is 3.01. The van der Waals surface area contributed by atoms with Crippen molar-refractivity contribution in [2.45, 2.75) is 63.8 Å². The molecule has 2 N–H and O–H groups in total. The van der Waals surface area contributed by atoms with Crippen LogP contribution in [0, 0.1) is 6.92 Å². The molecule has 0 bridgehead atoms. The van der Waals surface area contributed by atoms with E-state index in [1.165, 1.54) is 5.56 Å². The number of carbonyl (C=O) groups is 2. The fourth-order valence-electron chi connectivity index (χ4n) is 4.56. The molecule has 2 aliphatic rings. The van der Waals surface area contributed by atoms with Gasteiger partial charge in [-0.3, -0.25) is 9.59 Å². The number of hydrogen-bond acceptors (Lipinski definition) is 2. The van der Waals surface area contributed by atoms with Crippen molar-refractivity contribution in [2.24, 2.45) is 0 Å². The Bertz CT molecular complexity index is 814. The molecule has 0 atom stereocenters. The van der Waals surface area contributed by atoms with E-state index < -0.39 is 0 Å². The molecule has 4 rings (SSSR count). The Morgan fingerprint density at radius 2 is 1.81 bits per heavy atom. The van der Waals surface area contributed by atoms with Gasteiger partial charge < -0.3 is 10.3 Å². The minimum Gasteiger partial charge on any atom is -0.354 e. The Hall–Kier alpha value is -2.36. The summed E-state index contributed by atoms with van der Waals surface area (Å²) in [6.45, 7) is 1.89. The van der Waals surface area contributed by atoms with Crippen molar-refractivity contribution in [3.8, 4) is 0 Å².